The molecule has 0 atom stereocenters. The molecular weight excluding hydrogens is 301 g/mol. The highest BCUT2D eigenvalue weighted by Gasteiger charge is 2.44. The number of halogens is 6. The van der Waals surface area contributed by atoms with Crippen LogP contribution in [0.5, 0.6) is 5.75 Å². The van der Waals surface area contributed by atoms with Crippen molar-refractivity contribution in [2.24, 2.45) is 0 Å². The number of amides is 1. The van der Waals surface area contributed by atoms with Crippen molar-refractivity contribution in [1.82, 2.24) is 0 Å². The van der Waals surface area contributed by atoms with Crippen molar-refractivity contribution < 1.29 is 27.1 Å². The topological polar surface area (TPSA) is 38.3 Å². The number of ether oxygens (including phenoxy) is 1. The molecule has 0 aromatic heterocycles. The van der Waals surface area contributed by atoms with E-state index in [0.717, 1.165) is 12.1 Å². The van der Waals surface area contributed by atoms with Crippen LogP contribution in [0.4, 0.5) is 23.2 Å². The molecule has 1 N–H and O–H groups in total. The number of carbonyl (C=O) groups excluding carboxylic acids is 1. The molecular formula is C9H5Cl2F4NO2. The maximum Gasteiger partial charge on any atom is 0.461 e. The molecule has 0 fully saturated rings. The highest BCUT2D eigenvalue weighted by Crippen LogP contribution is 2.39. The van der Waals surface area contributed by atoms with Crippen molar-refractivity contribution in [2.75, 3.05) is 5.32 Å². The van der Waals surface area contributed by atoms with Crippen molar-refractivity contribution in [1.29, 1.82) is 0 Å². The molecule has 0 bridgehead atoms. The van der Waals surface area contributed by atoms with E-state index in [1.54, 1.807) is 0 Å². The predicted octanol–water partition coefficient (Wildman–Crippen LogP) is 3.80. The number of carbonyl (C=O) groups is 1. The van der Waals surface area contributed by atoms with Gasteiger partial charge in [0.2, 0.25) is 6.41 Å². The molecule has 0 unspecified atom stereocenters. The Morgan fingerprint density at radius 2 is 1.78 bits per heavy atom. The highest BCUT2D eigenvalue weighted by atomic mass is 35.5. The van der Waals surface area contributed by atoms with Gasteiger partial charge in [-0.3, -0.25) is 4.79 Å². The molecule has 0 aliphatic carbocycles. The lowest BCUT2D eigenvalue weighted by Crippen LogP contribution is -2.33. The molecule has 0 aliphatic rings. The number of hydrogen-bond acceptors (Lipinski definition) is 2. The van der Waals surface area contributed by atoms with Crippen LogP contribution in [0.25, 0.3) is 0 Å². The van der Waals surface area contributed by atoms with Crippen LogP contribution in [0, 0.1) is 0 Å². The lowest BCUT2D eigenvalue weighted by molar-refractivity contribution is -0.253. The molecule has 1 rings (SSSR count). The maximum absolute atomic E-state index is 12.7. The summed E-state index contributed by atoms with van der Waals surface area (Å²) in [6.45, 7) is 0. The van der Waals surface area contributed by atoms with Gasteiger partial charge in [0.25, 0.3) is 0 Å². The van der Waals surface area contributed by atoms with E-state index in [0.29, 0.717) is 6.41 Å². The lowest BCUT2D eigenvalue weighted by Gasteiger charge is -2.19. The minimum atomic E-state index is -4.72. The first-order chi connectivity index (χ1) is 8.27. The summed E-state index contributed by atoms with van der Waals surface area (Å²) in [7, 11) is 0. The summed E-state index contributed by atoms with van der Waals surface area (Å²) >= 11 is 11.1. The van der Waals surface area contributed by atoms with Gasteiger partial charge in [0.15, 0.2) is 5.75 Å². The number of anilines is 1. The zero-order chi connectivity index (χ0) is 13.9. The van der Waals surface area contributed by atoms with E-state index in [1.807, 2.05) is 0 Å². The van der Waals surface area contributed by atoms with Crippen LogP contribution in [0.15, 0.2) is 12.1 Å². The van der Waals surface area contributed by atoms with E-state index in [2.05, 4.69) is 10.1 Å². The first-order valence-corrected chi connectivity index (χ1v) is 5.07. The van der Waals surface area contributed by atoms with Crippen molar-refractivity contribution >= 4 is 35.3 Å². The number of rotatable bonds is 5. The number of benzene rings is 1. The van der Waals surface area contributed by atoms with Gasteiger partial charge >= 0.3 is 12.5 Å². The molecule has 100 valence electrons. The normalized spacial score (nSPS) is 11.5. The molecule has 1 aromatic rings. The average molecular weight is 306 g/mol. The first-order valence-electron chi connectivity index (χ1n) is 4.32. The fourth-order valence-corrected chi connectivity index (χ4v) is 1.55. The Balaban J connectivity index is 3.07. The van der Waals surface area contributed by atoms with Crippen molar-refractivity contribution in [2.45, 2.75) is 12.5 Å². The second kappa shape index (κ2) is 5.62. The van der Waals surface area contributed by atoms with Gasteiger partial charge in [-0.1, -0.05) is 23.2 Å². The van der Waals surface area contributed by atoms with Gasteiger partial charge in [0.05, 0.1) is 10.0 Å². The minimum Gasteiger partial charge on any atom is -0.425 e. The predicted molar refractivity (Wildman–Crippen MR) is 57.7 cm³/mol. The molecule has 1 amide bonds. The van der Waals surface area contributed by atoms with Crippen molar-refractivity contribution in [3.05, 3.63) is 22.2 Å². The highest BCUT2D eigenvalue weighted by molar-refractivity contribution is 6.37. The van der Waals surface area contributed by atoms with E-state index in [4.69, 9.17) is 23.2 Å². The maximum atomic E-state index is 12.7. The fourth-order valence-electron chi connectivity index (χ4n) is 0.989. The summed E-state index contributed by atoms with van der Waals surface area (Å²) in [5, 5.41) is 1.29. The number of alkyl halides is 4. The van der Waals surface area contributed by atoms with Gasteiger partial charge in [0.1, 0.15) is 0 Å². The van der Waals surface area contributed by atoms with Crippen LogP contribution in [-0.4, -0.2) is 18.9 Å². The van der Waals surface area contributed by atoms with Crippen molar-refractivity contribution in [3.8, 4) is 5.75 Å². The molecule has 0 saturated carbocycles. The summed E-state index contributed by atoms with van der Waals surface area (Å²) < 4.78 is 53.0. The third-order valence-electron chi connectivity index (χ3n) is 1.72. The fraction of sp³-hybridized carbons (Fsp3) is 0.222. The zero-order valence-corrected chi connectivity index (χ0v) is 9.91. The second-order valence-electron chi connectivity index (χ2n) is 3.00. The van der Waals surface area contributed by atoms with Crippen LogP contribution in [0.3, 0.4) is 0 Å². The first kappa shape index (κ1) is 14.8. The Morgan fingerprint density at radius 1 is 1.28 bits per heavy atom. The van der Waals surface area contributed by atoms with E-state index < -0.39 is 28.3 Å². The Bertz CT molecular complexity index is 433. The van der Waals surface area contributed by atoms with Crippen LogP contribution in [-0.2, 0) is 4.79 Å². The molecule has 3 nitrogen and oxygen atoms in total. The van der Waals surface area contributed by atoms with Crippen molar-refractivity contribution in [3.63, 3.8) is 0 Å². The standard InChI is InChI=1S/C9H5Cl2F4NO2/c10-5-1-4(16-3-17)2-6(11)7(5)18-9(14,15)8(12)13/h1-3,8H,(H,16,17). The van der Waals surface area contributed by atoms with Gasteiger partial charge in [-0.2, -0.15) is 17.6 Å². The lowest BCUT2D eigenvalue weighted by atomic mass is 10.3. The third-order valence-corrected chi connectivity index (χ3v) is 2.28. The van der Waals surface area contributed by atoms with E-state index in [1.165, 1.54) is 0 Å². The zero-order valence-electron chi connectivity index (χ0n) is 8.39. The van der Waals surface area contributed by atoms with Gasteiger partial charge in [0, 0.05) is 5.69 Å². The molecule has 0 aliphatic heterocycles. The van der Waals surface area contributed by atoms with Crippen LogP contribution in [0.2, 0.25) is 10.0 Å². The van der Waals surface area contributed by atoms with E-state index in [-0.39, 0.29) is 5.69 Å². The van der Waals surface area contributed by atoms with Gasteiger partial charge in [-0.25, -0.2) is 0 Å². The molecule has 0 radical (unpaired) electrons. The molecule has 9 heteroatoms. The third kappa shape index (κ3) is 3.39. The molecule has 18 heavy (non-hydrogen) atoms. The van der Waals surface area contributed by atoms with Gasteiger partial charge in [-0.15, -0.1) is 0 Å². The molecule has 1 aromatic carbocycles. The Morgan fingerprint density at radius 3 is 2.17 bits per heavy atom. The summed E-state index contributed by atoms with van der Waals surface area (Å²) in [4.78, 5) is 10.2. The Kier molecular flexibility index (Phi) is 4.64. The smallest absolute Gasteiger partial charge is 0.425 e. The SMILES string of the molecule is O=CNc1cc(Cl)c(OC(F)(F)C(F)F)c(Cl)c1. The summed E-state index contributed by atoms with van der Waals surface area (Å²) in [5.74, 6) is -0.792. The summed E-state index contributed by atoms with van der Waals surface area (Å²) in [5.41, 5.74) is 0.104. The molecule has 0 saturated heterocycles. The summed E-state index contributed by atoms with van der Waals surface area (Å²) in [6, 6.07) is 2.05. The van der Waals surface area contributed by atoms with E-state index in [9.17, 15) is 22.4 Å². The Hall–Kier alpha value is -1.21. The molecule has 0 spiro atoms. The monoisotopic (exact) mass is 305 g/mol. The van der Waals surface area contributed by atoms with Gasteiger partial charge < -0.3 is 10.1 Å². The van der Waals surface area contributed by atoms with Crippen LogP contribution >= 0.6 is 23.2 Å². The minimum absolute atomic E-state index is 0.104. The molecule has 0 heterocycles. The van der Waals surface area contributed by atoms with E-state index >= 15 is 0 Å². The summed E-state index contributed by atoms with van der Waals surface area (Å²) in [6.07, 6.45) is -8.44. The average Bonchev–Trinajstić information content (AvgIpc) is 2.24. The largest absolute Gasteiger partial charge is 0.461 e. The second-order valence-corrected chi connectivity index (χ2v) is 3.81. The Labute approximate surface area is 109 Å². The number of hydrogen-bond donors (Lipinski definition) is 1. The quantitative estimate of drug-likeness (QED) is 0.664. The van der Waals surface area contributed by atoms with Crippen LogP contribution < -0.4 is 10.1 Å². The van der Waals surface area contributed by atoms with Gasteiger partial charge in [-0.05, 0) is 12.1 Å². The van der Waals surface area contributed by atoms with Crippen LogP contribution in [0.1, 0.15) is 0 Å². The number of nitrogens with one attached hydrogen (secondary N) is 1.